The fraction of sp³-hybridized carbons (Fsp3) is 0.643. The second kappa shape index (κ2) is 4.17. The molecule has 86 valence electrons. The highest BCUT2D eigenvalue weighted by molar-refractivity contribution is 5.79. The molecule has 2 aliphatic carbocycles. The number of carbonyl (C=O) groups is 1. The van der Waals surface area contributed by atoms with Gasteiger partial charge in [0, 0.05) is 32.0 Å². The molecule has 2 unspecified atom stereocenters. The van der Waals surface area contributed by atoms with Crippen molar-refractivity contribution < 1.29 is 4.79 Å². The van der Waals surface area contributed by atoms with Gasteiger partial charge >= 0.3 is 0 Å². The van der Waals surface area contributed by atoms with E-state index in [2.05, 4.69) is 29.2 Å². The highest BCUT2D eigenvalue weighted by atomic mass is 16.1. The van der Waals surface area contributed by atoms with Gasteiger partial charge in [-0.15, -0.1) is 0 Å². The first kappa shape index (κ1) is 10.3. The Balaban J connectivity index is 1.69. The van der Waals surface area contributed by atoms with Gasteiger partial charge in [0.1, 0.15) is 5.78 Å². The van der Waals surface area contributed by atoms with Crippen LogP contribution in [-0.2, 0) is 4.79 Å². The third-order valence-electron chi connectivity index (χ3n) is 4.36. The molecular formula is C14H19NO. The first-order chi connectivity index (χ1) is 7.84. The van der Waals surface area contributed by atoms with Crippen molar-refractivity contribution in [3.05, 3.63) is 24.3 Å². The first-order valence-electron chi connectivity index (χ1n) is 6.45. The normalized spacial score (nSPS) is 39.0. The Kier molecular flexibility index (Phi) is 2.68. The van der Waals surface area contributed by atoms with Crippen molar-refractivity contribution in [2.45, 2.75) is 31.7 Å². The van der Waals surface area contributed by atoms with Gasteiger partial charge in [-0.1, -0.05) is 24.3 Å². The second-order valence-corrected chi connectivity index (χ2v) is 5.23. The number of nitrogens with zero attached hydrogens (tertiary/aromatic N) is 1. The lowest BCUT2D eigenvalue weighted by atomic mass is 9.88. The van der Waals surface area contributed by atoms with Crippen LogP contribution in [0.5, 0.6) is 0 Å². The number of carbonyl (C=O) groups excluding carboxylic acids is 1. The van der Waals surface area contributed by atoms with Crippen LogP contribution in [0.1, 0.15) is 25.7 Å². The van der Waals surface area contributed by atoms with Crippen molar-refractivity contribution in [1.29, 1.82) is 0 Å². The average Bonchev–Trinajstić information content (AvgIpc) is 2.74. The van der Waals surface area contributed by atoms with Crippen molar-refractivity contribution in [2.24, 2.45) is 11.8 Å². The van der Waals surface area contributed by atoms with E-state index >= 15 is 0 Å². The van der Waals surface area contributed by atoms with Crippen molar-refractivity contribution in [3.8, 4) is 0 Å². The average molecular weight is 217 g/mol. The van der Waals surface area contributed by atoms with Gasteiger partial charge in [0.05, 0.1) is 0 Å². The van der Waals surface area contributed by atoms with Crippen LogP contribution in [0.2, 0.25) is 0 Å². The number of hydrogen-bond donors (Lipinski definition) is 0. The lowest BCUT2D eigenvalue weighted by molar-refractivity contribution is -0.122. The molecule has 1 saturated heterocycles. The van der Waals surface area contributed by atoms with Crippen LogP contribution in [0, 0.1) is 11.8 Å². The molecule has 3 atom stereocenters. The van der Waals surface area contributed by atoms with E-state index in [0.29, 0.717) is 17.7 Å². The van der Waals surface area contributed by atoms with Crippen LogP contribution in [0.3, 0.4) is 0 Å². The summed E-state index contributed by atoms with van der Waals surface area (Å²) in [5.41, 5.74) is 0. The van der Waals surface area contributed by atoms with Gasteiger partial charge in [0.25, 0.3) is 0 Å². The van der Waals surface area contributed by atoms with E-state index in [-0.39, 0.29) is 0 Å². The van der Waals surface area contributed by atoms with E-state index < -0.39 is 0 Å². The first-order valence-corrected chi connectivity index (χ1v) is 6.45. The van der Waals surface area contributed by atoms with Crippen molar-refractivity contribution in [3.63, 3.8) is 0 Å². The zero-order chi connectivity index (χ0) is 11.0. The minimum absolute atomic E-state index is 0.449. The smallest absolute Gasteiger partial charge is 0.135 e. The van der Waals surface area contributed by atoms with Gasteiger partial charge in [0.2, 0.25) is 0 Å². The van der Waals surface area contributed by atoms with Gasteiger partial charge in [-0.3, -0.25) is 9.69 Å². The Morgan fingerprint density at radius 1 is 1.06 bits per heavy atom. The zero-order valence-electron chi connectivity index (χ0n) is 9.64. The van der Waals surface area contributed by atoms with Crippen LogP contribution in [0.25, 0.3) is 0 Å². The molecule has 0 bridgehead atoms. The third kappa shape index (κ3) is 1.75. The van der Waals surface area contributed by atoms with E-state index in [9.17, 15) is 4.79 Å². The molecule has 2 nitrogen and oxygen atoms in total. The minimum atomic E-state index is 0.449. The van der Waals surface area contributed by atoms with Crippen LogP contribution < -0.4 is 0 Å². The molecule has 0 aromatic heterocycles. The zero-order valence-corrected chi connectivity index (χ0v) is 9.64. The molecule has 0 aromatic carbocycles. The van der Waals surface area contributed by atoms with Gasteiger partial charge in [0.15, 0.2) is 0 Å². The topological polar surface area (TPSA) is 20.3 Å². The maximum atomic E-state index is 11.3. The summed E-state index contributed by atoms with van der Waals surface area (Å²) in [6.45, 7) is 1.98. The predicted octanol–water partition coefficient (Wildman–Crippen LogP) is 2.17. The van der Waals surface area contributed by atoms with Gasteiger partial charge in [-0.05, 0) is 24.7 Å². The minimum Gasteiger partial charge on any atom is -0.300 e. The second-order valence-electron chi connectivity index (χ2n) is 5.23. The van der Waals surface area contributed by atoms with E-state index in [1.807, 2.05) is 0 Å². The molecule has 1 aliphatic heterocycles. The standard InChI is InChI=1S/C14H19NO/c16-12-7-9-15(10-8-12)14-6-5-11-3-1-2-4-13(11)14/h1-4,11,13-14H,5-10H2/t11?,13?,14-/m0/s1. The Bertz CT molecular complexity index is 335. The monoisotopic (exact) mass is 217 g/mol. The molecule has 16 heavy (non-hydrogen) atoms. The summed E-state index contributed by atoms with van der Waals surface area (Å²) in [6.07, 6.45) is 13.3. The Morgan fingerprint density at radius 2 is 1.81 bits per heavy atom. The van der Waals surface area contributed by atoms with Crippen LogP contribution in [-0.4, -0.2) is 29.8 Å². The fourth-order valence-corrected chi connectivity index (χ4v) is 3.46. The van der Waals surface area contributed by atoms with Gasteiger partial charge in [-0.25, -0.2) is 0 Å². The number of fused-ring (bicyclic) bond motifs is 1. The van der Waals surface area contributed by atoms with E-state index in [4.69, 9.17) is 0 Å². The quantitative estimate of drug-likeness (QED) is 0.671. The summed E-state index contributed by atoms with van der Waals surface area (Å²) < 4.78 is 0. The number of hydrogen-bond acceptors (Lipinski definition) is 2. The number of allylic oxidation sites excluding steroid dienone is 3. The Labute approximate surface area is 97.0 Å². The molecule has 0 N–H and O–H groups in total. The third-order valence-corrected chi connectivity index (χ3v) is 4.36. The lowest BCUT2D eigenvalue weighted by Crippen LogP contribution is -2.43. The van der Waals surface area contributed by atoms with E-state index in [1.165, 1.54) is 12.8 Å². The summed E-state index contributed by atoms with van der Waals surface area (Å²) in [4.78, 5) is 13.8. The molecule has 2 heteroatoms. The summed E-state index contributed by atoms with van der Waals surface area (Å²) in [5, 5.41) is 0. The molecular weight excluding hydrogens is 198 g/mol. The molecule has 0 aromatic rings. The number of ketones is 1. The Morgan fingerprint density at radius 3 is 2.62 bits per heavy atom. The molecule has 0 amide bonds. The molecule has 2 fully saturated rings. The molecule has 0 spiro atoms. The Hall–Kier alpha value is -0.890. The SMILES string of the molecule is O=C1CCN([C@H]2CCC3C=CC=CC32)CC1. The summed E-state index contributed by atoms with van der Waals surface area (Å²) in [6, 6.07) is 0.694. The lowest BCUT2D eigenvalue weighted by Gasteiger charge is -2.35. The molecule has 0 radical (unpaired) electrons. The maximum absolute atomic E-state index is 11.3. The molecule has 3 aliphatic rings. The van der Waals surface area contributed by atoms with E-state index in [0.717, 1.165) is 31.8 Å². The fourth-order valence-electron chi connectivity index (χ4n) is 3.46. The number of piperidine rings is 1. The number of Topliss-reactive ketones (excluding diaryl/α,β-unsaturated/α-hetero) is 1. The molecule has 3 rings (SSSR count). The number of likely N-dealkylation sites (tertiary alicyclic amines) is 1. The van der Waals surface area contributed by atoms with Crippen LogP contribution in [0.15, 0.2) is 24.3 Å². The van der Waals surface area contributed by atoms with Gasteiger partial charge in [-0.2, -0.15) is 0 Å². The van der Waals surface area contributed by atoms with Crippen molar-refractivity contribution in [2.75, 3.05) is 13.1 Å². The maximum Gasteiger partial charge on any atom is 0.135 e. The summed E-state index contributed by atoms with van der Waals surface area (Å²) in [7, 11) is 0. The highest BCUT2D eigenvalue weighted by Gasteiger charge is 2.38. The summed E-state index contributed by atoms with van der Waals surface area (Å²) >= 11 is 0. The molecule has 1 heterocycles. The van der Waals surface area contributed by atoms with Crippen molar-refractivity contribution in [1.82, 2.24) is 4.90 Å². The van der Waals surface area contributed by atoms with Crippen molar-refractivity contribution >= 4 is 5.78 Å². The highest BCUT2D eigenvalue weighted by Crippen LogP contribution is 2.39. The predicted molar refractivity (Wildman–Crippen MR) is 64.1 cm³/mol. The molecule has 1 saturated carbocycles. The number of rotatable bonds is 1. The van der Waals surface area contributed by atoms with E-state index in [1.54, 1.807) is 0 Å². The summed E-state index contributed by atoms with van der Waals surface area (Å²) in [5.74, 6) is 1.91. The van der Waals surface area contributed by atoms with Crippen LogP contribution >= 0.6 is 0 Å². The van der Waals surface area contributed by atoms with Gasteiger partial charge < -0.3 is 0 Å². The van der Waals surface area contributed by atoms with Crippen LogP contribution in [0.4, 0.5) is 0 Å². The largest absolute Gasteiger partial charge is 0.300 e.